The molecule has 1 fully saturated rings. The van der Waals surface area contributed by atoms with Crippen molar-refractivity contribution >= 4 is 0 Å². The van der Waals surface area contributed by atoms with Crippen LogP contribution in [0.5, 0.6) is 0 Å². The van der Waals surface area contributed by atoms with E-state index in [1.807, 2.05) is 47.4 Å². The van der Waals surface area contributed by atoms with E-state index < -0.39 is 0 Å². The molecule has 1 N–H and O–H groups in total. The Labute approximate surface area is 173 Å². The van der Waals surface area contributed by atoms with Gasteiger partial charge in [0.1, 0.15) is 0 Å². The fourth-order valence-corrected chi connectivity index (χ4v) is 4.10. The maximum atomic E-state index is 4.90. The van der Waals surface area contributed by atoms with Gasteiger partial charge in [0.2, 0.25) is 0 Å². The molecule has 1 aromatic carbocycles. The van der Waals surface area contributed by atoms with Crippen molar-refractivity contribution in [2.24, 2.45) is 5.92 Å². The van der Waals surface area contributed by atoms with E-state index >= 15 is 0 Å². The molecule has 5 nitrogen and oxygen atoms in total. The lowest BCUT2D eigenvalue weighted by molar-refractivity contribution is 0.179. The van der Waals surface area contributed by atoms with Gasteiger partial charge in [-0.2, -0.15) is 5.10 Å². The molecule has 0 saturated carbocycles. The molecule has 1 aliphatic rings. The van der Waals surface area contributed by atoms with E-state index in [0.29, 0.717) is 6.04 Å². The maximum Gasteiger partial charge on any atom is 0.0973 e. The van der Waals surface area contributed by atoms with Gasteiger partial charge in [-0.05, 0) is 56.1 Å². The number of pyridine rings is 1. The second kappa shape index (κ2) is 9.33. The summed E-state index contributed by atoms with van der Waals surface area (Å²) in [6.45, 7) is 9.03. The first-order valence-electron chi connectivity index (χ1n) is 10.7. The van der Waals surface area contributed by atoms with E-state index in [4.69, 9.17) is 5.10 Å². The van der Waals surface area contributed by atoms with Crippen LogP contribution in [0.4, 0.5) is 0 Å². The van der Waals surface area contributed by atoms with Gasteiger partial charge in [0.05, 0.1) is 11.4 Å². The zero-order chi connectivity index (χ0) is 20.1. The Kier molecular flexibility index (Phi) is 6.37. The van der Waals surface area contributed by atoms with E-state index in [9.17, 15) is 0 Å². The standard InChI is InChI=1S/C24H31N5/c1-19(2)17-28-14-10-22(11-15-28)26-16-21-18-29(23-6-4-3-5-7-23)27-24(21)20-8-12-25-13-9-20/h3-9,12-13,18-19,22,26H,10-11,14-17H2,1-2H3. The molecule has 1 saturated heterocycles. The lowest BCUT2D eigenvalue weighted by Gasteiger charge is -2.33. The van der Waals surface area contributed by atoms with Gasteiger partial charge in [-0.25, -0.2) is 4.68 Å². The van der Waals surface area contributed by atoms with Gasteiger partial charge >= 0.3 is 0 Å². The van der Waals surface area contributed by atoms with Gasteiger partial charge in [-0.3, -0.25) is 4.98 Å². The molecule has 3 heterocycles. The van der Waals surface area contributed by atoms with E-state index in [0.717, 1.165) is 29.4 Å². The van der Waals surface area contributed by atoms with Gasteiger partial charge in [0.25, 0.3) is 0 Å². The Balaban J connectivity index is 1.47. The number of hydrogen-bond donors (Lipinski definition) is 1. The molecule has 0 spiro atoms. The van der Waals surface area contributed by atoms with Gasteiger partial charge in [-0.1, -0.05) is 32.0 Å². The SMILES string of the molecule is CC(C)CN1CCC(NCc2cn(-c3ccccc3)nc2-c2ccncc2)CC1. The van der Waals surface area contributed by atoms with Crippen molar-refractivity contribution in [3.05, 3.63) is 66.6 Å². The smallest absolute Gasteiger partial charge is 0.0973 e. The number of piperidine rings is 1. The highest BCUT2D eigenvalue weighted by Gasteiger charge is 2.20. The van der Waals surface area contributed by atoms with Crippen molar-refractivity contribution in [3.63, 3.8) is 0 Å². The molecule has 29 heavy (non-hydrogen) atoms. The van der Waals surface area contributed by atoms with Gasteiger partial charge in [-0.15, -0.1) is 0 Å². The highest BCUT2D eigenvalue weighted by Crippen LogP contribution is 2.24. The first kappa shape index (κ1) is 19.8. The van der Waals surface area contributed by atoms with Crippen LogP contribution in [0, 0.1) is 5.92 Å². The van der Waals surface area contributed by atoms with Crippen molar-refractivity contribution in [2.45, 2.75) is 39.3 Å². The quantitative estimate of drug-likeness (QED) is 0.660. The monoisotopic (exact) mass is 389 g/mol. The summed E-state index contributed by atoms with van der Waals surface area (Å²) < 4.78 is 1.98. The summed E-state index contributed by atoms with van der Waals surface area (Å²) in [7, 11) is 0. The topological polar surface area (TPSA) is 46.0 Å². The molecule has 0 amide bonds. The summed E-state index contributed by atoms with van der Waals surface area (Å²) in [5.74, 6) is 0.742. The first-order valence-corrected chi connectivity index (χ1v) is 10.7. The Morgan fingerprint density at radius 1 is 1.03 bits per heavy atom. The minimum Gasteiger partial charge on any atom is -0.310 e. The third kappa shape index (κ3) is 5.11. The van der Waals surface area contributed by atoms with Crippen molar-refractivity contribution in [3.8, 4) is 16.9 Å². The zero-order valence-corrected chi connectivity index (χ0v) is 17.5. The van der Waals surface area contributed by atoms with Gasteiger partial charge in [0, 0.05) is 48.8 Å². The highest BCUT2D eigenvalue weighted by atomic mass is 15.3. The Bertz CT molecular complexity index is 880. The van der Waals surface area contributed by atoms with E-state index in [-0.39, 0.29) is 0 Å². The summed E-state index contributed by atoms with van der Waals surface area (Å²) in [4.78, 5) is 6.75. The molecular weight excluding hydrogens is 358 g/mol. The molecule has 0 atom stereocenters. The Hall–Kier alpha value is -2.50. The highest BCUT2D eigenvalue weighted by molar-refractivity contribution is 5.62. The molecule has 0 aliphatic carbocycles. The third-order valence-corrected chi connectivity index (χ3v) is 5.56. The first-order chi connectivity index (χ1) is 14.2. The lowest BCUT2D eigenvalue weighted by Crippen LogP contribution is -2.43. The third-order valence-electron chi connectivity index (χ3n) is 5.56. The van der Waals surface area contributed by atoms with Crippen LogP contribution in [0.25, 0.3) is 16.9 Å². The Morgan fingerprint density at radius 3 is 2.45 bits per heavy atom. The summed E-state index contributed by atoms with van der Waals surface area (Å²) in [6.07, 6.45) is 8.25. The largest absolute Gasteiger partial charge is 0.310 e. The number of likely N-dealkylation sites (tertiary alicyclic amines) is 1. The minimum atomic E-state index is 0.573. The van der Waals surface area contributed by atoms with E-state index in [1.54, 1.807) is 0 Å². The van der Waals surface area contributed by atoms with Crippen LogP contribution >= 0.6 is 0 Å². The molecule has 2 aromatic heterocycles. The number of hydrogen-bond acceptors (Lipinski definition) is 4. The van der Waals surface area contributed by atoms with Crippen molar-refractivity contribution < 1.29 is 0 Å². The maximum absolute atomic E-state index is 4.90. The van der Waals surface area contributed by atoms with Crippen molar-refractivity contribution in [1.29, 1.82) is 0 Å². The van der Waals surface area contributed by atoms with E-state index in [2.05, 4.69) is 47.4 Å². The predicted molar refractivity (Wildman–Crippen MR) is 118 cm³/mol. The average molecular weight is 390 g/mol. The normalized spacial score (nSPS) is 15.8. The average Bonchev–Trinajstić information content (AvgIpc) is 3.18. The van der Waals surface area contributed by atoms with Crippen LogP contribution in [0.15, 0.2) is 61.1 Å². The number of aromatic nitrogens is 3. The van der Waals surface area contributed by atoms with E-state index in [1.165, 1.54) is 38.0 Å². The summed E-state index contributed by atoms with van der Waals surface area (Å²) in [6, 6.07) is 14.9. The fourth-order valence-electron chi connectivity index (χ4n) is 4.10. The number of rotatable bonds is 7. The second-order valence-electron chi connectivity index (χ2n) is 8.37. The number of nitrogens with zero attached hydrogens (tertiary/aromatic N) is 4. The molecule has 0 unspecified atom stereocenters. The van der Waals surface area contributed by atoms with Crippen LogP contribution in [-0.4, -0.2) is 45.3 Å². The number of nitrogens with one attached hydrogen (secondary N) is 1. The predicted octanol–water partition coefficient (Wildman–Crippen LogP) is 4.14. The lowest BCUT2D eigenvalue weighted by atomic mass is 10.0. The second-order valence-corrected chi connectivity index (χ2v) is 8.37. The molecule has 3 aromatic rings. The minimum absolute atomic E-state index is 0.573. The fraction of sp³-hybridized carbons (Fsp3) is 0.417. The van der Waals surface area contributed by atoms with Crippen LogP contribution in [-0.2, 0) is 6.54 Å². The summed E-state index contributed by atoms with van der Waals surface area (Å²) >= 11 is 0. The van der Waals surface area contributed by atoms with Crippen LogP contribution in [0.1, 0.15) is 32.3 Å². The molecule has 5 heteroatoms. The molecule has 0 bridgehead atoms. The van der Waals surface area contributed by atoms with Gasteiger partial charge < -0.3 is 10.2 Å². The summed E-state index contributed by atoms with van der Waals surface area (Å²) in [5, 5.41) is 8.69. The van der Waals surface area contributed by atoms with Gasteiger partial charge in [0.15, 0.2) is 0 Å². The van der Waals surface area contributed by atoms with Crippen LogP contribution in [0.3, 0.4) is 0 Å². The van der Waals surface area contributed by atoms with Crippen LogP contribution in [0.2, 0.25) is 0 Å². The van der Waals surface area contributed by atoms with Crippen LogP contribution < -0.4 is 5.32 Å². The molecular formula is C24H31N5. The molecule has 4 rings (SSSR count). The van der Waals surface area contributed by atoms with Crippen molar-refractivity contribution in [1.82, 2.24) is 25.0 Å². The molecule has 152 valence electrons. The van der Waals surface area contributed by atoms with Crippen molar-refractivity contribution in [2.75, 3.05) is 19.6 Å². The Morgan fingerprint density at radius 2 is 1.76 bits per heavy atom. The summed E-state index contributed by atoms with van der Waals surface area (Å²) in [5.41, 5.74) is 4.44. The molecule has 1 aliphatic heterocycles. The zero-order valence-electron chi connectivity index (χ0n) is 17.5. The number of benzene rings is 1. The molecule has 0 radical (unpaired) electrons. The number of para-hydroxylation sites is 1.